The van der Waals surface area contributed by atoms with Crippen LogP contribution in [0.3, 0.4) is 0 Å². The third-order valence-corrected chi connectivity index (χ3v) is 5.55. The van der Waals surface area contributed by atoms with Crippen LogP contribution in [0.4, 0.5) is 5.69 Å². The molecule has 0 heterocycles. The van der Waals surface area contributed by atoms with Crippen molar-refractivity contribution in [2.24, 2.45) is 0 Å². The Morgan fingerprint density at radius 2 is 1.85 bits per heavy atom. The van der Waals surface area contributed by atoms with Gasteiger partial charge in [0.1, 0.15) is 24.0 Å². The summed E-state index contributed by atoms with van der Waals surface area (Å²) in [5.74, 6) is 0.215. The minimum absolute atomic E-state index is 0.00426. The summed E-state index contributed by atoms with van der Waals surface area (Å²) < 4.78 is 5.98. The van der Waals surface area contributed by atoms with Crippen molar-refractivity contribution >= 4 is 40.9 Å². The number of allylic oxidation sites excluding steroid dienone is 1. The first-order valence-corrected chi connectivity index (χ1v) is 11.0. The second-order valence-electron chi connectivity index (χ2n) is 7.39. The number of ether oxygens (including phenoxy) is 1. The van der Waals surface area contributed by atoms with Crippen LogP contribution in [0.25, 0.3) is 6.08 Å². The Labute approximate surface area is 203 Å². The molecule has 0 aromatic heterocycles. The van der Waals surface area contributed by atoms with Gasteiger partial charge in [0.25, 0.3) is 5.91 Å². The summed E-state index contributed by atoms with van der Waals surface area (Å²) in [5, 5.41) is 13.2. The Bertz CT molecular complexity index is 1240. The average molecular weight is 477 g/mol. The summed E-state index contributed by atoms with van der Waals surface area (Å²) in [6, 6.07) is 20.2. The molecular formula is C27H22Cl2N2O2. The van der Waals surface area contributed by atoms with Gasteiger partial charge in [0.15, 0.2) is 0 Å². The number of anilines is 1. The van der Waals surface area contributed by atoms with E-state index < -0.39 is 5.91 Å². The fourth-order valence-electron chi connectivity index (χ4n) is 3.09. The maximum Gasteiger partial charge on any atom is 0.266 e. The Balaban J connectivity index is 1.78. The number of hydrogen-bond donors (Lipinski definition) is 1. The highest BCUT2D eigenvalue weighted by Crippen LogP contribution is 2.26. The molecule has 4 nitrogen and oxygen atoms in total. The monoisotopic (exact) mass is 476 g/mol. The zero-order valence-corrected chi connectivity index (χ0v) is 19.6. The molecule has 0 bridgehead atoms. The number of rotatable bonds is 8. The van der Waals surface area contributed by atoms with E-state index in [1.807, 2.05) is 43.3 Å². The molecule has 6 heteroatoms. The van der Waals surface area contributed by atoms with Crippen LogP contribution in [-0.2, 0) is 17.8 Å². The van der Waals surface area contributed by atoms with Crippen LogP contribution in [-0.4, -0.2) is 5.91 Å². The number of nitriles is 1. The van der Waals surface area contributed by atoms with Crippen molar-refractivity contribution < 1.29 is 9.53 Å². The molecule has 0 atom stereocenters. The van der Waals surface area contributed by atoms with Gasteiger partial charge in [-0.3, -0.25) is 4.79 Å². The van der Waals surface area contributed by atoms with E-state index in [0.29, 0.717) is 40.1 Å². The van der Waals surface area contributed by atoms with Crippen LogP contribution < -0.4 is 10.1 Å². The number of carbonyl (C=O) groups is 1. The van der Waals surface area contributed by atoms with Crippen molar-refractivity contribution in [1.29, 1.82) is 5.26 Å². The Morgan fingerprint density at radius 1 is 1.09 bits per heavy atom. The molecule has 0 aliphatic carbocycles. The van der Waals surface area contributed by atoms with Crippen molar-refractivity contribution in [3.63, 3.8) is 0 Å². The Hall–Kier alpha value is -3.52. The Kier molecular flexibility index (Phi) is 8.32. The molecule has 0 fully saturated rings. The maximum atomic E-state index is 12.6. The summed E-state index contributed by atoms with van der Waals surface area (Å²) in [6.07, 6.45) is 3.89. The standard InChI is InChI=1S/C27H22Cl2N2O2/c1-3-4-21-13-19(8-12-26(21)33-17-20-7-11-24(28)25(29)15-20)14-22(16-30)27(32)31-23-9-5-18(2)6-10-23/h3,5-15H,1,4,17H2,2H3,(H,31,32)/b22-14-. The van der Waals surface area contributed by atoms with Crippen molar-refractivity contribution in [3.05, 3.63) is 111 Å². The van der Waals surface area contributed by atoms with Gasteiger partial charge in [-0.2, -0.15) is 5.26 Å². The third kappa shape index (κ3) is 6.73. The fraction of sp³-hybridized carbons (Fsp3) is 0.111. The minimum Gasteiger partial charge on any atom is -0.489 e. The van der Waals surface area contributed by atoms with Gasteiger partial charge < -0.3 is 10.1 Å². The highest BCUT2D eigenvalue weighted by molar-refractivity contribution is 6.42. The van der Waals surface area contributed by atoms with Crippen molar-refractivity contribution in [2.45, 2.75) is 20.0 Å². The molecule has 1 N–H and O–H groups in total. The first-order valence-electron chi connectivity index (χ1n) is 10.2. The number of halogens is 2. The molecule has 0 radical (unpaired) electrons. The maximum absolute atomic E-state index is 12.6. The number of amides is 1. The van der Waals surface area contributed by atoms with Crippen molar-refractivity contribution in [2.75, 3.05) is 5.32 Å². The zero-order chi connectivity index (χ0) is 23.8. The molecule has 33 heavy (non-hydrogen) atoms. The highest BCUT2D eigenvalue weighted by Gasteiger charge is 2.11. The van der Waals surface area contributed by atoms with E-state index in [-0.39, 0.29) is 5.57 Å². The molecule has 3 aromatic carbocycles. The molecule has 3 aromatic rings. The molecule has 166 valence electrons. The number of hydrogen-bond acceptors (Lipinski definition) is 3. The summed E-state index contributed by atoms with van der Waals surface area (Å²) in [4.78, 5) is 12.6. The lowest BCUT2D eigenvalue weighted by molar-refractivity contribution is -0.112. The highest BCUT2D eigenvalue weighted by atomic mass is 35.5. The zero-order valence-electron chi connectivity index (χ0n) is 18.1. The lowest BCUT2D eigenvalue weighted by Gasteiger charge is -2.12. The van der Waals surface area contributed by atoms with E-state index in [2.05, 4.69) is 11.9 Å². The summed E-state index contributed by atoms with van der Waals surface area (Å²) >= 11 is 12.0. The summed E-state index contributed by atoms with van der Waals surface area (Å²) in [7, 11) is 0. The molecule has 0 unspecified atom stereocenters. The van der Waals surface area contributed by atoms with Crippen LogP contribution in [0, 0.1) is 18.3 Å². The van der Waals surface area contributed by atoms with Crippen molar-refractivity contribution in [1.82, 2.24) is 0 Å². The van der Waals surface area contributed by atoms with Gasteiger partial charge in [0.05, 0.1) is 10.0 Å². The van der Waals surface area contributed by atoms with E-state index in [0.717, 1.165) is 16.7 Å². The molecule has 0 spiro atoms. The van der Waals surface area contributed by atoms with Gasteiger partial charge in [-0.1, -0.05) is 59.1 Å². The first kappa shape index (κ1) is 24.1. The predicted molar refractivity (Wildman–Crippen MR) is 135 cm³/mol. The normalized spacial score (nSPS) is 10.9. The quantitative estimate of drug-likeness (QED) is 0.213. The van der Waals surface area contributed by atoms with E-state index in [4.69, 9.17) is 27.9 Å². The van der Waals surface area contributed by atoms with Gasteiger partial charge in [-0.25, -0.2) is 0 Å². The topological polar surface area (TPSA) is 62.1 Å². The van der Waals surface area contributed by atoms with E-state index in [9.17, 15) is 10.1 Å². The lowest BCUT2D eigenvalue weighted by atomic mass is 10.0. The van der Waals surface area contributed by atoms with Gasteiger partial charge >= 0.3 is 0 Å². The van der Waals surface area contributed by atoms with E-state index >= 15 is 0 Å². The van der Waals surface area contributed by atoms with Gasteiger partial charge in [0.2, 0.25) is 0 Å². The number of aryl methyl sites for hydroxylation is 1. The molecule has 0 aliphatic rings. The molecular weight excluding hydrogens is 455 g/mol. The van der Waals surface area contributed by atoms with Gasteiger partial charge in [0, 0.05) is 5.69 Å². The lowest BCUT2D eigenvalue weighted by Crippen LogP contribution is -2.13. The predicted octanol–water partition coefficient (Wildman–Crippen LogP) is 7.16. The molecule has 3 rings (SSSR count). The number of nitrogens with one attached hydrogen (secondary N) is 1. The largest absolute Gasteiger partial charge is 0.489 e. The van der Waals surface area contributed by atoms with Crippen molar-refractivity contribution in [3.8, 4) is 11.8 Å². The van der Waals surface area contributed by atoms with Crippen LogP contribution >= 0.6 is 23.2 Å². The van der Waals surface area contributed by atoms with Gasteiger partial charge in [-0.15, -0.1) is 6.58 Å². The van der Waals surface area contributed by atoms with E-state index in [1.165, 1.54) is 0 Å². The van der Waals surface area contributed by atoms with Crippen LogP contribution in [0.2, 0.25) is 10.0 Å². The first-order chi connectivity index (χ1) is 15.9. The van der Waals surface area contributed by atoms with Crippen LogP contribution in [0.1, 0.15) is 22.3 Å². The SMILES string of the molecule is C=CCc1cc(/C=C(/C#N)C(=O)Nc2ccc(C)cc2)ccc1OCc1ccc(Cl)c(Cl)c1. The molecule has 1 amide bonds. The number of nitrogens with zero attached hydrogens (tertiary/aromatic N) is 1. The number of benzene rings is 3. The smallest absolute Gasteiger partial charge is 0.266 e. The number of carbonyl (C=O) groups excluding carboxylic acids is 1. The van der Waals surface area contributed by atoms with Crippen LogP contribution in [0.15, 0.2) is 78.9 Å². The molecule has 0 saturated carbocycles. The summed E-state index contributed by atoms with van der Waals surface area (Å²) in [6.45, 7) is 6.09. The molecule has 0 aliphatic heterocycles. The third-order valence-electron chi connectivity index (χ3n) is 4.81. The second-order valence-corrected chi connectivity index (χ2v) is 8.20. The van der Waals surface area contributed by atoms with E-state index in [1.54, 1.807) is 42.5 Å². The molecule has 0 saturated heterocycles. The summed E-state index contributed by atoms with van der Waals surface area (Å²) in [5.41, 5.74) is 4.20. The van der Waals surface area contributed by atoms with Gasteiger partial charge in [-0.05, 0) is 72.5 Å². The average Bonchev–Trinajstić information content (AvgIpc) is 2.80. The van der Waals surface area contributed by atoms with Crippen LogP contribution in [0.5, 0.6) is 5.75 Å². The fourth-order valence-corrected chi connectivity index (χ4v) is 3.41. The minimum atomic E-state index is -0.466. The Morgan fingerprint density at radius 3 is 2.52 bits per heavy atom. The second kappa shape index (κ2) is 11.4.